The highest BCUT2D eigenvalue weighted by Crippen LogP contribution is 2.31. The van der Waals surface area contributed by atoms with Crippen LogP contribution in [0.2, 0.25) is 0 Å². The number of nitrogen functional groups attached to an aromatic ring is 1. The Kier molecular flexibility index (Phi) is 2.56. The summed E-state index contributed by atoms with van der Waals surface area (Å²) in [6, 6.07) is 2.05. The molecule has 2 aliphatic rings. The molecule has 0 bridgehead atoms. The number of aromatic nitrogens is 5. The fourth-order valence-electron chi connectivity index (χ4n) is 2.93. The Morgan fingerprint density at radius 2 is 2.35 bits per heavy atom. The van der Waals surface area contributed by atoms with E-state index in [0.29, 0.717) is 12.6 Å². The van der Waals surface area contributed by atoms with Gasteiger partial charge in [-0.05, 0) is 12.5 Å². The molecule has 0 saturated carbocycles. The van der Waals surface area contributed by atoms with Crippen molar-refractivity contribution in [1.29, 1.82) is 0 Å². The fourth-order valence-corrected chi connectivity index (χ4v) is 2.93. The van der Waals surface area contributed by atoms with E-state index in [1.807, 2.05) is 10.7 Å². The highest BCUT2D eigenvalue weighted by Gasteiger charge is 2.36. The molecule has 2 aromatic heterocycles. The van der Waals surface area contributed by atoms with Crippen molar-refractivity contribution < 1.29 is 4.74 Å². The second-order valence-electron chi connectivity index (χ2n) is 5.09. The average Bonchev–Trinajstić information content (AvgIpc) is 2.95. The first kappa shape index (κ1) is 11.6. The lowest BCUT2D eigenvalue weighted by Crippen LogP contribution is -2.48. The van der Waals surface area contributed by atoms with Crippen LogP contribution in [0.3, 0.4) is 0 Å². The lowest BCUT2D eigenvalue weighted by molar-refractivity contribution is -0.0373. The molecule has 2 atom stereocenters. The topological polar surface area (TPSA) is 95.0 Å². The Hall–Kier alpha value is -2.22. The van der Waals surface area contributed by atoms with Gasteiger partial charge in [0.25, 0.3) is 0 Å². The Bertz CT molecular complexity index is 628. The third-order valence-corrected chi connectivity index (χ3v) is 3.91. The number of nitrogens with two attached hydrogens (primary N) is 1. The molecule has 4 heterocycles. The molecule has 0 unspecified atom stereocenters. The molecule has 104 valence electrons. The number of hydrogen-bond donors (Lipinski definition) is 1. The predicted octanol–water partition coefficient (Wildman–Crippen LogP) is 0.000500. The molecule has 8 nitrogen and oxygen atoms in total. The molecule has 2 aliphatic heterocycles. The molecule has 20 heavy (non-hydrogen) atoms. The number of rotatable bonds is 1. The zero-order chi connectivity index (χ0) is 13.5. The summed E-state index contributed by atoms with van der Waals surface area (Å²) in [5.74, 6) is 1.15. The zero-order valence-corrected chi connectivity index (χ0v) is 10.9. The van der Waals surface area contributed by atoms with Crippen LogP contribution in [0.15, 0.2) is 18.5 Å². The van der Waals surface area contributed by atoms with Crippen LogP contribution < -0.4 is 10.6 Å². The first-order valence-corrected chi connectivity index (χ1v) is 6.65. The SMILES string of the molecule is Nc1nccc(N2CC[C@@H]3OCc4cnnn4[C@H]3C2)n1. The maximum Gasteiger partial charge on any atom is 0.221 e. The van der Waals surface area contributed by atoms with E-state index >= 15 is 0 Å². The number of ether oxygens (including phenoxy) is 1. The lowest BCUT2D eigenvalue weighted by atomic mass is 10.0. The van der Waals surface area contributed by atoms with Gasteiger partial charge in [-0.2, -0.15) is 4.98 Å². The summed E-state index contributed by atoms with van der Waals surface area (Å²) in [6.07, 6.45) is 4.58. The zero-order valence-electron chi connectivity index (χ0n) is 10.9. The van der Waals surface area contributed by atoms with Gasteiger partial charge in [-0.1, -0.05) is 5.21 Å². The standard InChI is InChI=1S/C12H15N7O/c13-12-14-3-1-11(16-12)18-4-2-10-9(6-18)19-8(7-20-10)5-15-17-19/h1,3,5,9-10H,2,4,6-7H2,(H2,13,14,16)/t9-,10-/m0/s1. The highest BCUT2D eigenvalue weighted by atomic mass is 16.5. The van der Waals surface area contributed by atoms with Gasteiger partial charge in [0.05, 0.1) is 30.6 Å². The van der Waals surface area contributed by atoms with E-state index in [9.17, 15) is 0 Å². The average molecular weight is 273 g/mol. The van der Waals surface area contributed by atoms with Gasteiger partial charge in [-0.15, -0.1) is 5.10 Å². The molecule has 0 amide bonds. The number of hydrogen-bond acceptors (Lipinski definition) is 7. The van der Waals surface area contributed by atoms with Crippen LogP contribution >= 0.6 is 0 Å². The maximum atomic E-state index is 5.89. The third-order valence-electron chi connectivity index (χ3n) is 3.91. The van der Waals surface area contributed by atoms with E-state index in [2.05, 4.69) is 25.2 Å². The van der Waals surface area contributed by atoms with Crippen LogP contribution in [0.25, 0.3) is 0 Å². The monoisotopic (exact) mass is 273 g/mol. The molecule has 0 aliphatic carbocycles. The minimum atomic E-state index is 0.172. The number of anilines is 2. The van der Waals surface area contributed by atoms with Crippen molar-refractivity contribution in [3.05, 3.63) is 24.2 Å². The van der Waals surface area contributed by atoms with Gasteiger partial charge in [0.1, 0.15) is 5.82 Å². The van der Waals surface area contributed by atoms with Crippen molar-refractivity contribution in [1.82, 2.24) is 25.0 Å². The van der Waals surface area contributed by atoms with Crippen LogP contribution in [0, 0.1) is 0 Å². The molecular weight excluding hydrogens is 258 g/mol. The van der Waals surface area contributed by atoms with Gasteiger partial charge in [0, 0.05) is 19.3 Å². The summed E-state index contributed by atoms with van der Waals surface area (Å²) in [6.45, 7) is 2.27. The molecule has 0 radical (unpaired) electrons. The fraction of sp³-hybridized carbons (Fsp3) is 0.500. The van der Waals surface area contributed by atoms with Crippen LogP contribution in [-0.4, -0.2) is 44.2 Å². The van der Waals surface area contributed by atoms with Gasteiger partial charge in [0.15, 0.2) is 0 Å². The molecule has 2 N–H and O–H groups in total. The first-order chi connectivity index (χ1) is 9.81. The van der Waals surface area contributed by atoms with Gasteiger partial charge < -0.3 is 15.4 Å². The minimum Gasteiger partial charge on any atom is -0.370 e. The summed E-state index contributed by atoms with van der Waals surface area (Å²) in [7, 11) is 0. The predicted molar refractivity (Wildman–Crippen MR) is 70.9 cm³/mol. The molecule has 8 heteroatoms. The Morgan fingerprint density at radius 1 is 1.40 bits per heavy atom. The highest BCUT2D eigenvalue weighted by molar-refractivity contribution is 5.41. The summed E-state index contributed by atoms with van der Waals surface area (Å²) in [4.78, 5) is 10.4. The van der Waals surface area contributed by atoms with Crippen molar-refractivity contribution in [2.45, 2.75) is 25.2 Å². The smallest absolute Gasteiger partial charge is 0.221 e. The Morgan fingerprint density at radius 3 is 3.25 bits per heavy atom. The Balaban J connectivity index is 1.63. The van der Waals surface area contributed by atoms with Gasteiger partial charge >= 0.3 is 0 Å². The summed E-state index contributed by atoms with van der Waals surface area (Å²) >= 11 is 0. The molecule has 4 rings (SSSR count). The summed E-state index contributed by atoms with van der Waals surface area (Å²) in [5, 5.41) is 8.16. The molecule has 0 aromatic carbocycles. The van der Waals surface area contributed by atoms with Crippen LogP contribution in [0.5, 0.6) is 0 Å². The summed E-state index contributed by atoms with van der Waals surface area (Å²) < 4.78 is 7.87. The molecule has 0 spiro atoms. The van der Waals surface area contributed by atoms with Crippen molar-refractivity contribution >= 4 is 11.8 Å². The first-order valence-electron chi connectivity index (χ1n) is 6.65. The second-order valence-corrected chi connectivity index (χ2v) is 5.09. The Labute approximate surface area is 115 Å². The summed E-state index contributed by atoms with van der Waals surface area (Å²) in [5.41, 5.74) is 6.68. The van der Waals surface area contributed by atoms with Gasteiger partial charge in [0.2, 0.25) is 5.95 Å². The van der Waals surface area contributed by atoms with E-state index in [0.717, 1.165) is 31.0 Å². The van der Waals surface area contributed by atoms with Gasteiger partial charge in [-0.25, -0.2) is 9.67 Å². The van der Waals surface area contributed by atoms with E-state index < -0.39 is 0 Å². The molecule has 1 saturated heterocycles. The van der Waals surface area contributed by atoms with Crippen molar-refractivity contribution in [3.63, 3.8) is 0 Å². The molecule has 2 aromatic rings. The van der Waals surface area contributed by atoms with E-state index in [-0.39, 0.29) is 12.1 Å². The number of piperidine rings is 1. The van der Waals surface area contributed by atoms with Crippen LogP contribution in [-0.2, 0) is 11.3 Å². The van der Waals surface area contributed by atoms with E-state index in [4.69, 9.17) is 10.5 Å². The van der Waals surface area contributed by atoms with Crippen molar-refractivity contribution in [3.8, 4) is 0 Å². The second kappa shape index (κ2) is 4.41. The largest absolute Gasteiger partial charge is 0.370 e. The lowest BCUT2D eigenvalue weighted by Gasteiger charge is -2.41. The normalized spacial score (nSPS) is 25.1. The van der Waals surface area contributed by atoms with E-state index in [1.54, 1.807) is 12.4 Å². The third kappa shape index (κ3) is 1.80. The van der Waals surface area contributed by atoms with Crippen molar-refractivity contribution in [2.24, 2.45) is 0 Å². The molecule has 1 fully saturated rings. The van der Waals surface area contributed by atoms with Crippen molar-refractivity contribution in [2.75, 3.05) is 23.7 Å². The minimum absolute atomic E-state index is 0.172. The number of nitrogens with zero attached hydrogens (tertiary/aromatic N) is 6. The molecular formula is C12H15N7O. The number of fused-ring (bicyclic) bond motifs is 3. The van der Waals surface area contributed by atoms with Crippen LogP contribution in [0.4, 0.5) is 11.8 Å². The van der Waals surface area contributed by atoms with E-state index in [1.165, 1.54) is 0 Å². The maximum absolute atomic E-state index is 5.89. The van der Waals surface area contributed by atoms with Crippen LogP contribution in [0.1, 0.15) is 18.2 Å². The van der Waals surface area contributed by atoms with Gasteiger partial charge in [-0.3, -0.25) is 0 Å². The quantitative estimate of drug-likeness (QED) is 0.781.